The molecule has 138 valence electrons. The minimum atomic E-state index is 0.0492. The largest absolute Gasteiger partial charge is 0.497 e. The second-order valence-electron chi connectivity index (χ2n) is 5.99. The minimum absolute atomic E-state index is 0.0492. The lowest BCUT2D eigenvalue weighted by Gasteiger charge is -2.35. The number of hydrogen-bond acceptors (Lipinski definition) is 6. The Balaban J connectivity index is 1.64. The number of piperazine rings is 1. The van der Waals surface area contributed by atoms with Crippen LogP contribution in [-0.2, 0) is 9.53 Å². The van der Waals surface area contributed by atoms with Crippen LogP contribution in [-0.4, -0.2) is 67.3 Å². The molecule has 1 aliphatic heterocycles. The van der Waals surface area contributed by atoms with E-state index in [-0.39, 0.29) is 12.5 Å². The van der Waals surface area contributed by atoms with Crippen molar-refractivity contribution < 1.29 is 14.3 Å². The van der Waals surface area contributed by atoms with Crippen molar-refractivity contribution in [1.29, 1.82) is 0 Å². The van der Waals surface area contributed by atoms with Crippen molar-refractivity contribution in [2.75, 3.05) is 51.4 Å². The summed E-state index contributed by atoms with van der Waals surface area (Å²) in [6.07, 6.45) is 1.58. The van der Waals surface area contributed by atoms with Gasteiger partial charge in [-0.15, -0.1) is 0 Å². The van der Waals surface area contributed by atoms with Crippen molar-refractivity contribution in [3.63, 3.8) is 0 Å². The van der Waals surface area contributed by atoms with Gasteiger partial charge < -0.3 is 19.3 Å². The molecule has 0 unspecified atom stereocenters. The van der Waals surface area contributed by atoms with E-state index in [0.29, 0.717) is 19.7 Å². The van der Waals surface area contributed by atoms with Gasteiger partial charge in [-0.05, 0) is 31.2 Å². The minimum Gasteiger partial charge on any atom is -0.497 e. The van der Waals surface area contributed by atoms with E-state index in [1.165, 1.54) is 0 Å². The molecule has 1 amide bonds. The smallest absolute Gasteiger partial charge is 0.248 e. The molecule has 1 aliphatic rings. The Hall–Kier alpha value is -2.67. The van der Waals surface area contributed by atoms with Crippen LogP contribution in [0.5, 0.6) is 5.75 Å². The monoisotopic (exact) mass is 356 g/mol. The van der Waals surface area contributed by atoms with Gasteiger partial charge in [-0.25, -0.2) is 9.97 Å². The zero-order valence-corrected chi connectivity index (χ0v) is 15.2. The molecule has 3 rings (SSSR count). The lowest BCUT2D eigenvalue weighted by molar-refractivity contribution is -0.136. The van der Waals surface area contributed by atoms with Crippen LogP contribution in [0.15, 0.2) is 36.7 Å². The van der Waals surface area contributed by atoms with Crippen LogP contribution in [0, 0.1) is 0 Å². The van der Waals surface area contributed by atoms with Gasteiger partial charge >= 0.3 is 0 Å². The fourth-order valence-electron chi connectivity index (χ4n) is 2.91. The molecule has 2 heterocycles. The number of hydrogen-bond donors (Lipinski definition) is 0. The van der Waals surface area contributed by atoms with E-state index in [1.54, 1.807) is 13.4 Å². The number of benzene rings is 1. The summed E-state index contributed by atoms with van der Waals surface area (Å²) < 4.78 is 10.4. The van der Waals surface area contributed by atoms with Crippen molar-refractivity contribution in [2.45, 2.75) is 6.92 Å². The first kappa shape index (κ1) is 18.1. The Bertz CT molecular complexity index is 728. The topological polar surface area (TPSA) is 67.8 Å². The van der Waals surface area contributed by atoms with Gasteiger partial charge in [0.2, 0.25) is 5.91 Å². The number of methoxy groups -OCH3 is 1. The predicted molar refractivity (Wildman–Crippen MR) is 99.3 cm³/mol. The van der Waals surface area contributed by atoms with E-state index < -0.39 is 0 Å². The van der Waals surface area contributed by atoms with Gasteiger partial charge in [0.25, 0.3) is 0 Å². The summed E-state index contributed by atoms with van der Waals surface area (Å²) in [7, 11) is 1.65. The maximum atomic E-state index is 12.0. The molecule has 1 aromatic carbocycles. The van der Waals surface area contributed by atoms with Crippen LogP contribution in [0.3, 0.4) is 0 Å². The summed E-state index contributed by atoms with van der Waals surface area (Å²) in [5.41, 5.74) is 1.88. The second kappa shape index (κ2) is 8.62. The number of nitrogens with zero attached hydrogens (tertiary/aromatic N) is 4. The van der Waals surface area contributed by atoms with Crippen LogP contribution >= 0.6 is 0 Å². The number of amides is 1. The molecular weight excluding hydrogens is 332 g/mol. The van der Waals surface area contributed by atoms with Gasteiger partial charge in [0.15, 0.2) is 0 Å². The number of aromatic nitrogens is 2. The zero-order valence-electron chi connectivity index (χ0n) is 15.2. The molecule has 2 aromatic rings. The Labute approximate surface area is 153 Å². The lowest BCUT2D eigenvalue weighted by atomic mass is 10.1. The highest BCUT2D eigenvalue weighted by atomic mass is 16.5. The third-order valence-corrected chi connectivity index (χ3v) is 4.42. The van der Waals surface area contributed by atoms with Crippen LogP contribution < -0.4 is 9.64 Å². The lowest BCUT2D eigenvalue weighted by Crippen LogP contribution is -2.50. The highest BCUT2D eigenvalue weighted by molar-refractivity contribution is 5.77. The summed E-state index contributed by atoms with van der Waals surface area (Å²) >= 11 is 0. The first-order valence-corrected chi connectivity index (χ1v) is 8.78. The van der Waals surface area contributed by atoms with Crippen molar-refractivity contribution in [3.05, 3.63) is 36.7 Å². The van der Waals surface area contributed by atoms with Crippen LogP contribution in [0.1, 0.15) is 6.92 Å². The SMILES string of the molecule is CCOCC(=O)N1CCN(c2cc(-c3ccc(OC)cc3)ncn2)CC1. The molecular formula is C19H24N4O3. The van der Waals surface area contributed by atoms with Gasteiger partial charge in [0.1, 0.15) is 24.5 Å². The highest BCUT2D eigenvalue weighted by Crippen LogP contribution is 2.23. The van der Waals surface area contributed by atoms with E-state index in [2.05, 4.69) is 14.9 Å². The van der Waals surface area contributed by atoms with Gasteiger partial charge in [-0.3, -0.25) is 4.79 Å². The first-order chi connectivity index (χ1) is 12.7. The Morgan fingerprint density at radius 3 is 2.50 bits per heavy atom. The van der Waals surface area contributed by atoms with E-state index in [9.17, 15) is 4.79 Å². The molecule has 0 spiro atoms. The fourth-order valence-corrected chi connectivity index (χ4v) is 2.91. The molecule has 0 N–H and O–H groups in total. The molecule has 26 heavy (non-hydrogen) atoms. The van der Waals surface area contributed by atoms with Crippen LogP contribution in [0.4, 0.5) is 5.82 Å². The maximum Gasteiger partial charge on any atom is 0.248 e. The van der Waals surface area contributed by atoms with E-state index in [4.69, 9.17) is 9.47 Å². The standard InChI is InChI=1S/C19H24N4O3/c1-3-26-13-19(24)23-10-8-22(9-11-23)18-12-17(20-14-21-18)15-4-6-16(25-2)7-5-15/h4-7,12,14H,3,8-11,13H2,1-2H3. The van der Waals surface area contributed by atoms with E-state index in [1.807, 2.05) is 42.2 Å². The summed E-state index contributed by atoms with van der Waals surface area (Å²) in [6, 6.07) is 9.78. The number of carbonyl (C=O) groups excluding carboxylic acids is 1. The number of ether oxygens (including phenoxy) is 2. The third kappa shape index (κ3) is 4.29. The number of carbonyl (C=O) groups is 1. The van der Waals surface area contributed by atoms with E-state index in [0.717, 1.165) is 35.9 Å². The summed E-state index contributed by atoms with van der Waals surface area (Å²) in [4.78, 5) is 24.8. The average molecular weight is 356 g/mol. The molecule has 1 fully saturated rings. The average Bonchev–Trinajstić information content (AvgIpc) is 2.72. The summed E-state index contributed by atoms with van der Waals surface area (Å²) in [6.45, 7) is 5.45. The van der Waals surface area contributed by atoms with Crippen molar-refractivity contribution >= 4 is 11.7 Å². The third-order valence-electron chi connectivity index (χ3n) is 4.42. The number of anilines is 1. The van der Waals surface area contributed by atoms with Crippen LogP contribution in [0.2, 0.25) is 0 Å². The highest BCUT2D eigenvalue weighted by Gasteiger charge is 2.22. The van der Waals surface area contributed by atoms with Gasteiger partial charge in [0, 0.05) is 44.4 Å². The Kier molecular flexibility index (Phi) is 6.01. The molecule has 0 aliphatic carbocycles. The first-order valence-electron chi connectivity index (χ1n) is 8.78. The molecule has 0 atom stereocenters. The van der Waals surface area contributed by atoms with Crippen LogP contribution in [0.25, 0.3) is 11.3 Å². The van der Waals surface area contributed by atoms with E-state index >= 15 is 0 Å². The molecule has 1 aromatic heterocycles. The summed E-state index contributed by atoms with van der Waals surface area (Å²) in [5.74, 6) is 1.74. The Morgan fingerprint density at radius 2 is 1.85 bits per heavy atom. The van der Waals surface area contributed by atoms with Gasteiger partial charge in [0.05, 0.1) is 12.8 Å². The van der Waals surface area contributed by atoms with Crippen molar-refractivity contribution in [2.24, 2.45) is 0 Å². The molecule has 0 bridgehead atoms. The van der Waals surface area contributed by atoms with Gasteiger partial charge in [-0.2, -0.15) is 0 Å². The molecule has 0 saturated carbocycles. The number of rotatable bonds is 6. The molecule has 0 radical (unpaired) electrons. The molecule has 7 nitrogen and oxygen atoms in total. The normalized spacial score (nSPS) is 14.4. The Morgan fingerprint density at radius 1 is 1.12 bits per heavy atom. The maximum absolute atomic E-state index is 12.0. The van der Waals surface area contributed by atoms with Gasteiger partial charge in [-0.1, -0.05) is 0 Å². The molecule has 7 heteroatoms. The fraction of sp³-hybridized carbons (Fsp3) is 0.421. The quantitative estimate of drug-likeness (QED) is 0.787. The summed E-state index contributed by atoms with van der Waals surface area (Å²) in [5, 5.41) is 0. The second-order valence-corrected chi connectivity index (χ2v) is 5.99. The zero-order chi connectivity index (χ0) is 18.4. The predicted octanol–water partition coefficient (Wildman–Crippen LogP) is 1.84. The van der Waals surface area contributed by atoms with Crippen molar-refractivity contribution in [3.8, 4) is 17.0 Å². The van der Waals surface area contributed by atoms with Crippen molar-refractivity contribution in [1.82, 2.24) is 14.9 Å². The molecule has 1 saturated heterocycles.